The largest absolute Gasteiger partial charge is 0.428 e. The fraction of sp³-hybridized carbons (Fsp3) is 0.357. The van der Waals surface area contributed by atoms with E-state index < -0.39 is 10.3 Å². The lowest BCUT2D eigenvalue weighted by atomic mass is 10.1. The summed E-state index contributed by atoms with van der Waals surface area (Å²) in [6.07, 6.45) is 5.28. The van der Waals surface area contributed by atoms with Crippen LogP contribution in [0.25, 0.3) is 0 Å². The van der Waals surface area contributed by atoms with Crippen LogP contribution >= 0.6 is 0 Å². The van der Waals surface area contributed by atoms with Crippen molar-refractivity contribution >= 4 is 16.5 Å². The Hall–Kier alpha value is -1.66. The molecule has 1 rings (SSSR count). The Labute approximate surface area is 120 Å². The van der Waals surface area contributed by atoms with Crippen LogP contribution in [0.5, 0.6) is 5.75 Å². The van der Waals surface area contributed by atoms with Crippen LogP contribution in [0.2, 0.25) is 0 Å². The number of unbranched alkanes of at least 4 members (excludes halogenated alkanes) is 1. The lowest BCUT2D eigenvalue weighted by molar-refractivity contribution is 0.488. The van der Waals surface area contributed by atoms with E-state index in [2.05, 4.69) is 16.3 Å². The molecule has 0 aliphatic carbocycles. The van der Waals surface area contributed by atoms with Gasteiger partial charge in [-0.05, 0) is 50.6 Å². The van der Waals surface area contributed by atoms with Crippen LogP contribution in [-0.4, -0.2) is 28.2 Å². The minimum atomic E-state index is -3.92. The molecule has 0 radical (unpaired) electrons. The molecule has 110 valence electrons. The van der Waals surface area contributed by atoms with Crippen molar-refractivity contribution in [2.75, 3.05) is 13.6 Å². The number of nitrogens with zero attached hydrogens (tertiary/aromatic N) is 1. The quantitative estimate of drug-likeness (QED) is 0.430. The van der Waals surface area contributed by atoms with Crippen LogP contribution in [0, 0.1) is 0 Å². The Morgan fingerprint density at radius 2 is 2.05 bits per heavy atom. The van der Waals surface area contributed by atoms with Gasteiger partial charge in [0.2, 0.25) is 0 Å². The fourth-order valence-electron chi connectivity index (χ4n) is 1.50. The van der Waals surface area contributed by atoms with E-state index in [9.17, 15) is 8.42 Å². The van der Waals surface area contributed by atoms with E-state index in [1.54, 1.807) is 30.3 Å². The Morgan fingerprint density at radius 3 is 2.65 bits per heavy atom. The number of hydrogen-bond acceptors (Lipinski definition) is 4. The second-order valence-corrected chi connectivity index (χ2v) is 5.41. The Bertz CT molecular complexity index is 536. The average Bonchev–Trinajstić information content (AvgIpc) is 2.41. The van der Waals surface area contributed by atoms with Gasteiger partial charge in [0.05, 0.1) is 0 Å². The molecule has 20 heavy (non-hydrogen) atoms. The average molecular weight is 296 g/mol. The van der Waals surface area contributed by atoms with Gasteiger partial charge in [0, 0.05) is 6.21 Å². The molecule has 1 aromatic carbocycles. The van der Waals surface area contributed by atoms with E-state index in [0.29, 0.717) is 6.42 Å². The number of hydrogen-bond donors (Lipinski definition) is 1. The summed E-state index contributed by atoms with van der Waals surface area (Å²) in [5.41, 5.74) is 1.04. The first-order valence-corrected chi connectivity index (χ1v) is 7.76. The zero-order valence-electron chi connectivity index (χ0n) is 11.6. The van der Waals surface area contributed by atoms with Crippen LogP contribution in [-0.2, 0) is 16.7 Å². The standard InChI is InChI=1S/C14H20N2O3S/c1-3-6-13-7-9-14(10-8-13)19-20(17,18)16-12-5-4-11-15-2/h3,7-10,12,15H,1,4-6,11H2,2H3/b16-12+. The van der Waals surface area contributed by atoms with Crippen LogP contribution in [0.15, 0.2) is 41.3 Å². The third-order valence-corrected chi connectivity index (χ3v) is 3.28. The monoisotopic (exact) mass is 296 g/mol. The lowest BCUT2D eigenvalue weighted by Gasteiger charge is -2.03. The molecule has 0 atom stereocenters. The molecule has 0 amide bonds. The van der Waals surface area contributed by atoms with E-state index in [1.807, 2.05) is 7.05 Å². The van der Waals surface area contributed by atoms with E-state index in [4.69, 9.17) is 4.18 Å². The van der Waals surface area contributed by atoms with E-state index in [1.165, 1.54) is 6.21 Å². The van der Waals surface area contributed by atoms with Crippen LogP contribution in [0.4, 0.5) is 0 Å². The minimum absolute atomic E-state index is 0.255. The minimum Gasteiger partial charge on any atom is -0.366 e. The first kappa shape index (κ1) is 16.4. The van der Waals surface area contributed by atoms with Crippen molar-refractivity contribution in [1.82, 2.24) is 5.32 Å². The summed E-state index contributed by atoms with van der Waals surface area (Å²) in [6.45, 7) is 4.46. The smallest absolute Gasteiger partial charge is 0.366 e. The number of nitrogens with one attached hydrogen (secondary N) is 1. The molecule has 5 nitrogen and oxygen atoms in total. The molecule has 0 saturated heterocycles. The van der Waals surface area contributed by atoms with Gasteiger partial charge < -0.3 is 9.50 Å². The SMILES string of the molecule is C=CCc1ccc(OS(=O)(=O)/N=C/CCCNC)cc1. The highest BCUT2D eigenvalue weighted by molar-refractivity contribution is 7.85. The molecule has 0 unspecified atom stereocenters. The highest BCUT2D eigenvalue weighted by Crippen LogP contribution is 2.15. The van der Waals surface area contributed by atoms with Gasteiger partial charge in [-0.3, -0.25) is 0 Å². The molecule has 0 aliphatic rings. The second-order valence-electron chi connectivity index (χ2n) is 4.18. The Balaban J connectivity index is 2.54. The van der Waals surface area contributed by atoms with E-state index in [0.717, 1.165) is 24.9 Å². The summed E-state index contributed by atoms with van der Waals surface area (Å²) in [7, 11) is -2.08. The van der Waals surface area contributed by atoms with Crippen molar-refractivity contribution in [2.45, 2.75) is 19.3 Å². The van der Waals surface area contributed by atoms with Crippen LogP contribution in [0.3, 0.4) is 0 Å². The van der Waals surface area contributed by atoms with Crippen molar-refractivity contribution < 1.29 is 12.6 Å². The summed E-state index contributed by atoms with van der Waals surface area (Å²) in [5, 5.41) is 2.97. The Kier molecular flexibility index (Phi) is 6.97. The first-order valence-electron chi connectivity index (χ1n) is 6.40. The van der Waals surface area contributed by atoms with Crippen molar-refractivity contribution in [3.05, 3.63) is 42.5 Å². The molecular formula is C14H20N2O3S. The summed E-state index contributed by atoms with van der Waals surface area (Å²) in [4.78, 5) is 0. The summed E-state index contributed by atoms with van der Waals surface area (Å²) < 4.78 is 31.5. The normalized spacial score (nSPS) is 11.7. The maximum Gasteiger partial charge on any atom is 0.428 e. The number of rotatable bonds is 9. The molecule has 0 fully saturated rings. The number of allylic oxidation sites excluding steroid dienone is 1. The molecule has 0 aliphatic heterocycles. The highest BCUT2D eigenvalue weighted by atomic mass is 32.2. The third kappa shape index (κ3) is 6.49. The van der Waals surface area contributed by atoms with Crippen molar-refractivity contribution in [1.29, 1.82) is 0 Å². The zero-order chi connectivity index (χ0) is 14.8. The van der Waals surface area contributed by atoms with Gasteiger partial charge in [0.25, 0.3) is 0 Å². The summed E-state index contributed by atoms with van der Waals surface area (Å²) in [5.74, 6) is 0.255. The summed E-state index contributed by atoms with van der Waals surface area (Å²) >= 11 is 0. The molecule has 1 N–H and O–H groups in total. The number of benzene rings is 1. The van der Waals surface area contributed by atoms with Gasteiger partial charge in [0.1, 0.15) is 5.75 Å². The van der Waals surface area contributed by atoms with Crippen LogP contribution < -0.4 is 9.50 Å². The van der Waals surface area contributed by atoms with E-state index >= 15 is 0 Å². The highest BCUT2D eigenvalue weighted by Gasteiger charge is 2.09. The second kappa shape index (κ2) is 8.50. The molecule has 0 saturated carbocycles. The maximum atomic E-state index is 11.6. The van der Waals surface area contributed by atoms with Gasteiger partial charge in [-0.2, -0.15) is 8.42 Å². The predicted molar refractivity (Wildman–Crippen MR) is 81.5 cm³/mol. The molecule has 0 aromatic heterocycles. The summed E-state index contributed by atoms with van der Waals surface area (Å²) in [6, 6.07) is 6.80. The molecule has 1 aromatic rings. The van der Waals surface area contributed by atoms with Gasteiger partial charge >= 0.3 is 10.3 Å². The fourth-order valence-corrected chi connectivity index (χ4v) is 2.19. The Morgan fingerprint density at radius 1 is 1.35 bits per heavy atom. The topological polar surface area (TPSA) is 67.8 Å². The molecule has 0 spiro atoms. The van der Waals surface area contributed by atoms with Crippen LogP contribution in [0.1, 0.15) is 18.4 Å². The first-order chi connectivity index (χ1) is 9.57. The predicted octanol–water partition coefficient (Wildman–Crippen LogP) is 2.11. The van der Waals surface area contributed by atoms with Gasteiger partial charge in [-0.15, -0.1) is 11.0 Å². The molecular weight excluding hydrogens is 276 g/mol. The zero-order valence-corrected chi connectivity index (χ0v) is 12.4. The lowest BCUT2D eigenvalue weighted by Crippen LogP contribution is -2.08. The van der Waals surface area contributed by atoms with Gasteiger partial charge in [-0.1, -0.05) is 18.2 Å². The maximum absolute atomic E-state index is 11.6. The molecule has 0 bridgehead atoms. The van der Waals surface area contributed by atoms with Gasteiger partial charge in [-0.25, -0.2) is 0 Å². The van der Waals surface area contributed by atoms with Gasteiger partial charge in [0.15, 0.2) is 0 Å². The van der Waals surface area contributed by atoms with Crippen molar-refractivity contribution in [2.24, 2.45) is 4.40 Å². The van der Waals surface area contributed by atoms with Crippen molar-refractivity contribution in [3.8, 4) is 5.75 Å². The molecule has 0 heterocycles. The van der Waals surface area contributed by atoms with E-state index in [-0.39, 0.29) is 5.75 Å². The molecule has 6 heteroatoms. The third-order valence-electron chi connectivity index (χ3n) is 2.47. The van der Waals surface area contributed by atoms with Crippen molar-refractivity contribution in [3.63, 3.8) is 0 Å².